The molecule has 1 saturated heterocycles. The first kappa shape index (κ1) is 13.7. The number of carbonyl (C=O) groups is 1. The van der Waals surface area contributed by atoms with Gasteiger partial charge in [0.05, 0.1) is 11.4 Å². The van der Waals surface area contributed by atoms with Crippen molar-refractivity contribution in [1.29, 1.82) is 0 Å². The molecule has 0 unspecified atom stereocenters. The second kappa shape index (κ2) is 5.08. The lowest BCUT2D eigenvalue weighted by molar-refractivity contribution is 0.0924. The molecule has 118 valence electrons. The number of fused-ring (bicyclic) bond motifs is 1. The summed E-state index contributed by atoms with van der Waals surface area (Å²) in [4.78, 5) is 22.9. The summed E-state index contributed by atoms with van der Waals surface area (Å²) >= 11 is 0. The summed E-state index contributed by atoms with van der Waals surface area (Å²) in [7, 11) is 3.76. The minimum Gasteiger partial charge on any atom is -0.352 e. The Morgan fingerprint density at radius 3 is 2.78 bits per heavy atom. The van der Waals surface area contributed by atoms with Gasteiger partial charge in [-0.05, 0) is 12.1 Å². The zero-order chi connectivity index (χ0) is 16.0. The summed E-state index contributed by atoms with van der Waals surface area (Å²) < 4.78 is 3.59. The van der Waals surface area contributed by atoms with Crippen molar-refractivity contribution in [2.45, 2.75) is 6.04 Å². The molecule has 1 aliphatic heterocycles. The van der Waals surface area contributed by atoms with Gasteiger partial charge in [0.15, 0.2) is 0 Å². The first-order valence-corrected chi connectivity index (χ1v) is 7.43. The molecule has 3 aromatic rings. The molecule has 0 spiro atoms. The Morgan fingerprint density at radius 1 is 1.22 bits per heavy atom. The molecule has 4 heterocycles. The highest BCUT2D eigenvalue weighted by Crippen LogP contribution is 2.26. The van der Waals surface area contributed by atoms with E-state index in [0.29, 0.717) is 5.69 Å². The van der Waals surface area contributed by atoms with Gasteiger partial charge in [-0.2, -0.15) is 5.10 Å². The summed E-state index contributed by atoms with van der Waals surface area (Å²) in [6.45, 7) is 1.47. The molecule has 0 atom stereocenters. The fraction of sp³-hybridized carbons (Fsp3) is 0.333. The van der Waals surface area contributed by atoms with Gasteiger partial charge in [-0.1, -0.05) is 0 Å². The maximum absolute atomic E-state index is 12.1. The minimum absolute atomic E-state index is 0.109. The summed E-state index contributed by atoms with van der Waals surface area (Å²) in [5.41, 5.74) is 1.36. The molecule has 0 saturated carbocycles. The van der Waals surface area contributed by atoms with Crippen molar-refractivity contribution in [3.63, 3.8) is 0 Å². The van der Waals surface area contributed by atoms with Gasteiger partial charge in [-0.25, -0.2) is 9.97 Å². The van der Waals surface area contributed by atoms with Crippen molar-refractivity contribution in [3.05, 3.63) is 36.5 Å². The summed E-state index contributed by atoms with van der Waals surface area (Å²) in [5, 5.41) is 8.14. The molecule has 0 aromatic carbocycles. The molecule has 1 aliphatic rings. The summed E-state index contributed by atoms with van der Waals surface area (Å²) in [6, 6.07) is 3.84. The average Bonchev–Trinajstić information content (AvgIpc) is 3.09. The lowest BCUT2D eigenvalue weighted by atomic mass is 10.1. The van der Waals surface area contributed by atoms with Gasteiger partial charge in [0, 0.05) is 39.6 Å². The van der Waals surface area contributed by atoms with E-state index in [0.717, 1.165) is 29.9 Å². The molecular weight excluding hydrogens is 294 g/mol. The number of amides is 1. The van der Waals surface area contributed by atoms with Crippen molar-refractivity contribution in [1.82, 2.24) is 29.6 Å². The number of rotatable bonds is 3. The highest BCUT2D eigenvalue weighted by Gasteiger charge is 2.31. The van der Waals surface area contributed by atoms with Gasteiger partial charge >= 0.3 is 0 Å². The SMILES string of the molecule is Cn1ccc(C(=O)NC2CN(c3ncnc4c3ccn4C)C2)n1. The first-order chi connectivity index (χ1) is 11.1. The Hall–Kier alpha value is -2.90. The predicted molar refractivity (Wildman–Crippen MR) is 85.2 cm³/mol. The maximum atomic E-state index is 12.1. The molecule has 0 radical (unpaired) electrons. The fourth-order valence-corrected chi connectivity index (χ4v) is 2.85. The second-order valence-corrected chi connectivity index (χ2v) is 5.81. The van der Waals surface area contributed by atoms with E-state index >= 15 is 0 Å². The van der Waals surface area contributed by atoms with Crippen molar-refractivity contribution in [3.8, 4) is 0 Å². The van der Waals surface area contributed by atoms with Crippen LogP contribution >= 0.6 is 0 Å². The normalized spacial score (nSPS) is 15.0. The molecule has 1 amide bonds. The molecule has 0 aliphatic carbocycles. The van der Waals surface area contributed by atoms with Crippen LogP contribution in [0, 0.1) is 0 Å². The summed E-state index contributed by atoms with van der Waals surface area (Å²) in [5.74, 6) is 0.779. The van der Waals surface area contributed by atoms with Crippen LogP contribution in [-0.2, 0) is 14.1 Å². The molecule has 23 heavy (non-hydrogen) atoms. The first-order valence-electron chi connectivity index (χ1n) is 7.43. The number of aromatic nitrogens is 5. The monoisotopic (exact) mass is 311 g/mol. The van der Waals surface area contributed by atoms with Gasteiger partial charge in [-0.15, -0.1) is 0 Å². The third-order valence-electron chi connectivity index (χ3n) is 4.10. The lowest BCUT2D eigenvalue weighted by Gasteiger charge is -2.40. The molecular formula is C15H17N7O. The van der Waals surface area contributed by atoms with E-state index in [-0.39, 0.29) is 11.9 Å². The van der Waals surface area contributed by atoms with Crippen LogP contribution < -0.4 is 10.2 Å². The van der Waals surface area contributed by atoms with Crippen molar-refractivity contribution >= 4 is 22.8 Å². The van der Waals surface area contributed by atoms with Crippen LogP contribution in [0.4, 0.5) is 5.82 Å². The molecule has 8 nitrogen and oxygen atoms in total. The largest absolute Gasteiger partial charge is 0.352 e. The number of nitrogens with one attached hydrogen (secondary N) is 1. The molecule has 3 aromatic heterocycles. The smallest absolute Gasteiger partial charge is 0.272 e. The van der Waals surface area contributed by atoms with Crippen LogP contribution in [0.5, 0.6) is 0 Å². The Morgan fingerprint density at radius 2 is 2.04 bits per heavy atom. The van der Waals surface area contributed by atoms with E-state index in [2.05, 4.69) is 25.3 Å². The van der Waals surface area contributed by atoms with Crippen LogP contribution in [0.3, 0.4) is 0 Å². The lowest BCUT2D eigenvalue weighted by Crippen LogP contribution is -2.59. The topological polar surface area (TPSA) is 80.9 Å². The standard InChI is InChI=1S/C15H17N7O/c1-20-5-3-11-13(20)16-9-17-14(11)22-7-10(8-22)18-15(23)12-4-6-21(2)19-12/h3-6,9-10H,7-8H2,1-2H3,(H,18,23). The van der Waals surface area contributed by atoms with E-state index < -0.39 is 0 Å². The number of hydrogen-bond acceptors (Lipinski definition) is 5. The average molecular weight is 311 g/mol. The Kier molecular flexibility index (Phi) is 3.03. The van der Waals surface area contributed by atoms with Crippen LogP contribution in [0.15, 0.2) is 30.9 Å². The number of carbonyl (C=O) groups excluding carboxylic acids is 1. The quantitative estimate of drug-likeness (QED) is 0.753. The van der Waals surface area contributed by atoms with Crippen molar-refractivity contribution < 1.29 is 4.79 Å². The molecule has 0 bridgehead atoms. The van der Waals surface area contributed by atoms with E-state index in [9.17, 15) is 4.79 Å². The van der Waals surface area contributed by atoms with Gasteiger partial charge < -0.3 is 14.8 Å². The van der Waals surface area contributed by atoms with Gasteiger partial charge in [-0.3, -0.25) is 9.48 Å². The van der Waals surface area contributed by atoms with Gasteiger partial charge in [0.1, 0.15) is 23.5 Å². The van der Waals surface area contributed by atoms with Crippen LogP contribution in [0.2, 0.25) is 0 Å². The maximum Gasteiger partial charge on any atom is 0.272 e. The zero-order valence-corrected chi connectivity index (χ0v) is 13.0. The minimum atomic E-state index is -0.136. The van der Waals surface area contributed by atoms with Crippen LogP contribution in [0.25, 0.3) is 11.0 Å². The number of anilines is 1. The molecule has 1 N–H and O–H groups in total. The number of hydrogen-bond donors (Lipinski definition) is 1. The van der Waals surface area contributed by atoms with Crippen molar-refractivity contribution in [2.75, 3.05) is 18.0 Å². The number of aryl methyl sites for hydroxylation is 2. The molecule has 1 fully saturated rings. The van der Waals surface area contributed by atoms with Crippen LogP contribution in [-0.4, -0.2) is 49.4 Å². The van der Waals surface area contributed by atoms with E-state index in [4.69, 9.17) is 0 Å². The van der Waals surface area contributed by atoms with Crippen LogP contribution in [0.1, 0.15) is 10.5 Å². The third-order valence-corrected chi connectivity index (χ3v) is 4.10. The zero-order valence-electron chi connectivity index (χ0n) is 13.0. The van der Waals surface area contributed by atoms with E-state index in [1.165, 1.54) is 0 Å². The third kappa shape index (κ3) is 2.32. The highest BCUT2D eigenvalue weighted by molar-refractivity contribution is 5.93. The Bertz CT molecular complexity index is 875. The Balaban J connectivity index is 1.44. The summed E-state index contributed by atoms with van der Waals surface area (Å²) in [6.07, 6.45) is 5.31. The second-order valence-electron chi connectivity index (χ2n) is 5.81. The van der Waals surface area contributed by atoms with E-state index in [1.807, 2.05) is 23.9 Å². The fourth-order valence-electron chi connectivity index (χ4n) is 2.85. The number of nitrogens with zero attached hydrogens (tertiary/aromatic N) is 6. The predicted octanol–water partition coefficient (Wildman–Crippen LogP) is 0.320. The molecule has 4 rings (SSSR count). The van der Waals surface area contributed by atoms with E-state index in [1.54, 1.807) is 30.3 Å². The van der Waals surface area contributed by atoms with Crippen molar-refractivity contribution in [2.24, 2.45) is 14.1 Å². The molecule has 8 heteroatoms. The highest BCUT2D eigenvalue weighted by atomic mass is 16.2. The van der Waals surface area contributed by atoms with Gasteiger partial charge in [0.25, 0.3) is 5.91 Å². The van der Waals surface area contributed by atoms with Gasteiger partial charge in [0.2, 0.25) is 0 Å². The Labute approximate surface area is 132 Å².